The van der Waals surface area contributed by atoms with Gasteiger partial charge in [0.2, 0.25) is 5.91 Å². The molecule has 0 aromatic heterocycles. The molecule has 0 aliphatic carbocycles. The number of nitrogens with zero attached hydrogens (tertiary/aromatic N) is 1. The molecule has 0 spiro atoms. The topological polar surface area (TPSA) is 131 Å². The monoisotopic (exact) mass is 557 g/mol. The summed E-state index contributed by atoms with van der Waals surface area (Å²) in [6.45, 7) is 1.59. The third-order valence-corrected chi connectivity index (χ3v) is 6.42. The van der Waals surface area contributed by atoms with Crippen molar-refractivity contribution in [3.05, 3.63) is 102 Å². The van der Waals surface area contributed by atoms with Gasteiger partial charge in [-0.2, -0.15) is 0 Å². The van der Waals surface area contributed by atoms with Gasteiger partial charge in [-0.15, -0.1) is 0 Å². The molecule has 1 aliphatic heterocycles. The second-order valence-electron chi connectivity index (χ2n) is 9.50. The van der Waals surface area contributed by atoms with Crippen molar-refractivity contribution in [1.82, 2.24) is 10.4 Å². The zero-order chi connectivity index (χ0) is 29.2. The van der Waals surface area contributed by atoms with E-state index in [1.165, 1.54) is 24.3 Å². The number of carbonyl (C=O) groups excluding carboxylic acids is 5. The summed E-state index contributed by atoms with van der Waals surface area (Å²) in [7, 11) is 0. The van der Waals surface area contributed by atoms with Crippen molar-refractivity contribution < 1.29 is 33.4 Å². The number of rotatable bonds is 11. The Labute approximate surface area is 237 Å². The molecule has 0 radical (unpaired) electrons. The van der Waals surface area contributed by atoms with Crippen molar-refractivity contribution in [2.75, 3.05) is 25.1 Å². The highest BCUT2D eigenvalue weighted by Gasteiger charge is 2.37. The van der Waals surface area contributed by atoms with Gasteiger partial charge in [0.05, 0.1) is 30.6 Å². The van der Waals surface area contributed by atoms with E-state index >= 15 is 0 Å². The van der Waals surface area contributed by atoms with Gasteiger partial charge in [0.25, 0.3) is 11.8 Å². The molecule has 1 aliphatic rings. The summed E-state index contributed by atoms with van der Waals surface area (Å²) in [4.78, 5) is 62.7. The second kappa shape index (κ2) is 13.9. The van der Waals surface area contributed by atoms with E-state index in [-0.39, 0.29) is 13.0 Å². The third-order valence-electron chi connectivity index (χ3n) is 6.42. The number of hydrogen-bond donors (Lipinski definition) is 2. The van der Waals surface area contributed by atoms with Gasteiger partial charge in [-0.3, -0.25) is 29.6 Å². The first kappa shape index (κ1) is 29.0. The number of anilines is 1. The maximum absolute atomic E-state index is 13.3. The molecule has 2 N–H and O–H groups in total. The van der Waals surface area contributed by atoms with E-state index in [1.807, 2.05) is 67.6 Å². The van der Waals surface area contributed by atoms with Crippen LogP contribution < -0.4 is 10.7 Å². The molecule has 41 heavy (non-hydrogen) atoms. The summed E-state index contributed by atoms with van der Waals surface area (Å²) >= 11 is 0. The fourth-order valence-electron chi connectivity index (χ4n) is 4.38. The first-order valence-corrected chi connectivity index (χ1v) is 13.3. The fourth-order valence-corrected chi connectivity index (χ4v) is 4.38. The van der Waals surface area contributed by atoms with E-state index in [1.54, 1.807) is 0 Å². The minimum atomic E-state index is -0.837. The van der Waals surface area contributed by atoms with Gasteiger partial charge < -0.3 is 14.8 Å². The molecule has 3 amide bonds. The van der Waals surface area contributed by atoms with Gasteiger partial charge in [0.15, 0.2) is 6.61 Å². The Hall–Kier alpha value is -4.99. The highest BCUT2D eigenvalue weighted by Crippen LogP contribution is 2.26. The summed E-state index contributed by atoms with van der Waals surface area (Å²) in [6, 6.07) is 24.5. The predicted octanol–water partition coefficient (Wildman–Crippen LogP) is 3.45. The van der Waals surface area contributed by atoms with Gasteiger partial charge in [-0.05, 0) is 41.8 Å². The number of esters is 2. The van der Waals surface area contributed by atoms with Crippen molar-refractivity contribution in [2.24, 2.45) is 5.92 Å². The maximum atomic E-state index is 13.3. The van der Waals surface area contributed by atoms with Gasteiger partial charge in [0, 0.05) is 12.1 Å². The number of ether oxygens (including phenoxy) is 2. The van der Waals surface area contributed by atoms with Crippen LogP contribution in [0.2, 0.25) is 0 Å². The van der Waals surface area contributed by atoms with Crippen LogP contribution in [0.5, 0.6) is 0 Å². The molecule has 0 unspecified atom stereocenters. The van der Waals surface area contributed by atoms with Crippen LogP contribution in [0.4, 0.5) is 5.69 Å². The van der Waals surface area contributed by atoms with Crippen LogP contribution in [0.1, 0.15) is 47.2 Å². The van der Waals surface area contributed by atoms with Crippen LogP contribution in [0.25, 0.3) is 0 Å². The summed E-state index contributed by atoms with van der Waals surface area (Å²) in [5.41, 5.74) is 4.94. The van der Waals surface area contributed by atoms with Crippen molar-refractivity contribution in [2.45, 2.75) is 25.7 Å². The molecule has 212 valence electrons. The Bertz CT molecular complexity index is 1340. The molecule has 4 rings (SSSR count). The summed E-state index contributed by atoms with van der Waals surface area (Å²) < 4.78 is 10.2. The highest BCUT2D eigenvalue weighted by molar-refractivity contribution is 5.95. The van der Waals surface area contributed by atoms with E-state index < -0.39 is 48.1 Å². The van der Waals surface area contributed by atoms with E-state index in [0.29, 0.717) is 24.3 Å². The van der Waals surface area contributed by atoms with E-state index in [9.17, 15) is 24.0 Å². The normalized spacial score (nSPS) is 14.4. The largest absolute Gasteiger partial charge is 0.462 e. The molecule has 1 fully saturated rings. The molecule has 1 saturated heterocycles. The van der Waals surface area contributed by atoms with E-state index in [0.717, 1.165) is 16.1 Å². The van der Waals surface area contributed by atoms with E-state index in [4.69, 9.17) is 9.47 Å². The number of hydrogen-bond acceptors (Lipinski definition) is 7. The lowest BCUT2D eigenvalue weighted by Gasteiger charge is -2.23. The summed E-state index contributed by atoms with van der Waals surface area (Å²) in [5, 5.41) is 3.71. The van der Waals surface area contributed by atoms with Crippen LogP contribution in [0.15, 0.2) is 84.9 Å². The van der Waals surface area contributed by atoms with Crippen molar-refractivity contribution in [3.63, 3.8) is 0 Å². The average Bonchev–Trinajstić information content (AvgIpc) is 3.36. The van der Waals surface area contributed by atoms with Gasteiger partial charge >= 0.3 is 11.9 Å². The molecule has 0 bridgehead atoms. The molecule has 10 nitrogen and oxygen atoms in total. The molecule has 10 heteroatoms. The van der Waals surface area contributed by atoms with Gasteiger partial charge in [-0.25, -0.2) is 4.79 Å². The minimum Gasteiger partial charge on any atom is -0.462 e. The molecule has 0 saturated carbocycles. The van der Waals surface area contributed by atoms with Crippen LogP contribution >= 0.6 is 0 Å². The highest BCUT2D eigenvalue weighted by atomic mass is 16.5. The van der Waals surface area contributed by atoms with E-state index in [2.05, 4.69) is 10.7 Å². The Balaban J connectivity index is 1.28. The van der Waals surface area contributed by atoms with Gasteiger partial charge in [-0.1, -0.05) is 67.6 Å². The summed E-state index contributed by atoms with van der Waals surface area (Å²) in [5.74, 6) is -4.09. The smallest absolute Gasteiger partial charge is 0.338 e. The van der Waals surface area contributed by atoms with Crippen molar-refractivity contribution >= 4 is 35.3 Å². The lowest BCUT2D eigenvalue weighted by atomic mass is 9.91. The second-order valence-corrected chi connectivity index (χ2v) is 9.50. The first-order valence-electron chi connectivity index (χ1n) is 13.3. The van der Waals surface area contributed by atoms with Crippen LogP contribution in [-0.4, -0.2) is 54.4 Å². The maximum Gasteiger partial charge on any atom is 0.338 e. The lowest BCUT2D eigenvalue weighted by Crippen LogP contribution is -2.45. The quantitative estimate of drug-likeness (QED) is 0.345. The minimum absolute atomic E-state index is 0.0725. The number of amides is 3. The van der Waals surface area contributed by atoms with Crippen LogP contribution in [0.3, 0.4) is 0 Å². The van der Waals surface area contributed by atoms with Crippen LogP contribution in [-0.2, 0) is 28.7 Å². The number of carbonyl (C=O) groups is 5. The summed E-state index contributed by atoms with van der Waals surface area (Å²) in [6.07, 6.45) is 0.556. The predicted molar refractivity (Wildman–Crippen MR) is 149 cm³/mol. The Morgan fingerprint density at radius 3 is 2.07 bits per heavy atom. The molecule has 3 aromatic carbocycles. The Kier molecular flexibility index (Phi) is 9.82. The van der Waals surface area contributed by atoms with Crippen molar-refractivity contribution in [3.8, 4) is 0 Å². The zero-order valence-corrected chi connectivity index (χ0v) is 22.6. The molecule has 1 atom stereocenters. The number of benzene rings is 3. The number of hydrazine groups is 1. The van der Waals surface area contributed by atoms with Crippen LogP contribution in [0, 0.1) is 5.92 Å². The Morgan fingerprint density at radius 1 is 0.878 bits per heavy atom. The Morgan fingerprint density at radius 2 is 1.49 bits per heavy atom. The first-order chi connectivity index (χ1) is 19.9. The number of nitrogens with one attached hydrogen (secondary N) is 2. The average molecular weight is 558 g/mol. The molecule has 1 heterocycles. The van der Waals surface area contributed by atoms with Gasteiger partial charge in [0.1, 0.15) is 0 Å². The molecule has 3 aromatic rings. The van der Waals surface area contributed by atoms with Crippen molar-refractivity contribution in [1.29, 1.82) is 0 Å². The SMILES string of the molecule is CCCOC(=O)c1ccc(NC(=O)COC(=O)[C@@H]2CC(=O)N(NC(=O)C(c3ccccc3)c3ccccc3)C2)cc1. The molecular weight excluding hydrogens is 526 g/mol. The molecular formula is C31H31N3O7. The zero-order valence-electron chi connectivity index (χ0n) is 22.6. The standard InChI is InChI=1S/C31H31N3O7/c1-2-17-40-30(38)23-13-15-25(16-14-23)32-26(35)20-41-31(39)24-18-27(36)34(19-24)33-29(37)28(21-9-5-3-6-10-21)22-11-7-4-8-12-22/h3-16,24,28H,2,17-20H2,1H3,(H,32,35)(H,33,37)/t24-/m1/s1. The fraction of sp³-hybridized carbons (Fsp3) is 0.258. The lowest BCUT2D eigenvalue weighted by molar-refractivity contribution is -0.151. The third kappa shape index (κ3) is 7.78.